The van der Waals surface area contributed by atoms with Gasteiger partial charge in [0.2, 0.25) is 0 Å². The second-order valence-corrected chi connectivity index (χ2v) is 7.31. The molecule has 4 aromatic rings. The Bertz CT molecular complexity index is 1180. The summed E-state index contributed by atoms with van der Waals surface area (Å²) in [6.07, 6.45) is 2.66. The maximum atomic E-state index is 5.82. The number of para-hydroxylation sites is 1. The molecule has 0 atom stereocenters. The van der Waals surface area contributed by atoms with Crippen molar-refractivity contribution in [2.75, 3.05) is 19.1 Å². The quantitative estimate of drug-likeness (QED) is 0.334. The van der Waals surface area contributed by atoms with Gasteiger partial charge in [0.05, 0.1) is 19.9 Å². The summed E-state index contributed by atoms with van der Waals surface area (Å²) in [4.78, 5) is 7.68. The third-order valence-electron chi connectivity index (χ3n) is 4.64. The number of nitrogens with zero attached hydrogens (tertiary/aromatic N) is 4. The van der Waals surface area contributed by atoms with Crippen molar-refractivity contribution >= 4 is 34.2 Å². The van der Waals surface area contributed by atoms with E-state index < -0.39 is 0 Å². The molecule has 30 heavy (non-hydrogen) atoms. The van der Waals surface area contributed by atoms with E-state index in [1.165, 1.54) is 0 Å². The van der Waals surface area contributed by atoms with E-state index in [0.717, 1.165) is 34.2 Å². The molecule has 0 spiro atoms. The molecule has 0 radical (unpaired) electrons. The molecule has 0 amide bonds. The minimum Gasteiger partial charge on any atom is -0.493 e. The summed E-state index contributed by atoms with van der Waals surface area (Å²) < 4.78 is 11.3. The first-order valence-electron chi connectivity index (χ1n) is 9.85. The molecule has 8 nitrogen and oxygen atoms in total. The largest absolute Gasteiger partial charge is 0.493 e. The van der Waals surface area contributed by atoms with E-state index >= 15 is 0 Å². The topological polar surface area (TPSA) is 97.3 Å². The van der Waals surface area contributed by atoms with Crippen LogP contribution in [0.1, 0.15) is 25.8 Å². The standard InChI is InChI=1S/C22H24N6O2/c1-14(2)10-11-30-18-9-8-15(12-19(18)29-3)13-23-27-22-25-21-20(26-28-22)16-6-4-5-7-17(16)24-21/h4-9,12-14H,10-11H2,1-3H3,(H2,24,25,27,28)/b23-13+. The third kappa shape index (κ3) is 4.32. The van der Waals surface area contributed by atoms with Crippen molar-refractivity contribution in [2.24, 2.45) is 11.0 Å². The maximum absolute atomic E-state index is 5.82. The highest BCUT2D eigenvalue weighted by Gasteiger charge is 2.08. The molecular formula is C22H24N6O2. The first-order chi connectivity index (χ1) is 14.6. The van der Waals surface area contributed by atoms with Gasteiger partial charge in [-0.2, -0.15) is 10.1 Å². The third-order valence-corrected chi connectivity index (χ3v) is 4.64. The van der Waals surface area contributed by atoms with Crippen molar-refractivity contribution in [3.05, 3.63) is 48.0 Å². The molecule has 8 heteroatoms. The van der Waals surface area contributed by atoms with Gasteiger partial charge in [0.1, 0.15) is 5.52 Å². The van der Waals surface area contributed by atoms with Gasteiger partial charge in [0, 0.05) is 10.9 Å². The summed E-state index contributed by atoms with van der Waals surface area (Å²) in [5.74, 6) is 2.29. The molecule has 154 valence electrons. The number of hydrogen-bond donors (Lipinski definition) is 2. The summed E-state index contributed by atoms with van der Waals surface area (Å²) in [7, 11) is 1.62. The fourth-order valence-corrected chi connectivity index (χ4v) is 3.02. The first kappa shape index (κ1) is 19.6. The number of aromatic nitrogens is 4. The minimum atomic E-state index is 0.311. The fourth-order valence-electron chi connectivity index (χ4n) is 3.02. The molecule has 4 rings (SSSR count). The molecule has 0 fully saturated rings. The second kappa shape index (κ2) is 8.77. The van der Waals surface area contributed by atoms with Crippen LogP contribution in [0.2, 0.25) is 0 Å². The highest BCUT2D eigenvalue weighted by atomic mass is 16.5. The zero-order valence-corrected chi connectivity index (χ0v) is 17.2. The summed E-state index contributed by atoms with van der Waals surface area (Å²) >= 11 is 0. The molecule has 0 saturated heterocycles. The molecular weight excluding hydrogens is 380 g/mol. The first-order valence-corrected chi connectivity index (χ1v) is 9.85. The normalized spacial score (nSPS) is 11.6. The molecule has 2 aromatic carbocycles. The Labute approximate surface area is 174 Å². The van der Waals surface area contributed by atoms with Crippen LogP contribution in [0.5, 0.6) is 11.5 Å². The number of ether oxygens (including phenoxy) is 2. The zero-order valence-electron chi connectivity index (χ0n) is 17.2. The number of benzene rings is 2. The van der Waals surface area contributed by atoms with Crippen LogP contribution < -0.4 is 14.9 Å². The summed E-state index contributed by atoms with van der Waals surface area (Å²) in [5.41, 5.74) is 6.04. The van der Waals surface area contributed by atoms with Crippen LogP contribution in [-0.2, 0) is 0 Å². The Morgan fingerprint density at radius 3 is 2.83 bits per heavy atom. The summed E-state index contributed by atoms with van der Waals surface area (Å²) in [5, 5.41) is 13.6. The summed E-state index contributed by atoms with van der Waals surface area (Å²) in [6.45, 7) is 4.99. The zero-order chi connectivity index (χ0) is 20.9. The van der Waals surface area contributed by atoms with E-state index in [0.29, 0.717) is 29.9 Å². The van der Waals surface area contributed by atoms with Gasteiger partial charge >= 0.3 is 0 Å². The Morgan fingerprint density at radius 1 is 1.13 bits per heavy atom. The number of methoxy groups -OCH3 is 1. The molecule has 0 bridgehead atoms. The van der Waals surface area contributed by atoms with E-state index in [2.05, 4.69) is 44.5 Å². The molecule has 0 aliphatic heterocycles. The molecule has 0 unspecified atom stereocenters. The van der Waals surface area contributed by atoms with Crippen LogP contribution in [0, 0.1) is 5.92 Å². The van der Waals surface area contributed by atoms with Crippen LogP contribution >= 0.6 is 0 Å². The van der Waals surface area contributed by atoms with Gasteiger partial charge < -0.3 is 14.5 Å². The second-order valence-electron chi connectivity index (χ2n) is 7.31. The number of H-pyrrole nitrogens is 1. The van der Waals surface area contributed by atoms with E-state index in [4.69, 9.17) is 9.47 Å². The lowest BCUT2D eigenvalue weighted by Crippen LogP contribution is -2.03. The van der Waals surface area contributed by atoms with Gasteiger partial charge in [-0.25, -0.2) is 5.43 Å². The van der Waals surface area contributed by atoms with Gasteiger partial charge in [-0.05, 0) is 42.2 Å². The van der Waals surface area contributed by atoms with Crippen LogP contribution in [0.4, 0.5) is 5.95 Å². The number of rotatable bonds is 8. The van der Waals surface area contributed by atoms with Crippen molar-refractivity contribution in [2.45, 2.75) is 20.3 Å². The highest BCUT2D eigenvalue weighted by Crippen LogP contribution is 2.28. The smallest absolute Gasteiger partial charge is 0.265 e. The van der Waals surface area contributed by atoms with Crippen LogP contribution in [-0.4, -0.2) is 40.1 Å². The number of anilines is 1. The van der Waals surface area contributed by atoms with Crippen LogP contribution in [0.3, 0.4) is 0 Å². The van der Waals surface area contributed by atoms with Gasteiger partial charge in [-0.15, -0.1) is 10.2 Å². The lowest BCUT2D eigenvalue weighted by Gasteiger charge is -2.12. The maximum Gasteiger partial charge on any atom is 0.265 e. The summed E-state index contributed by atoms with van der Waals surface area (Å²) in [6, 6.07) is 13.6. The molecule has 0 saturated carbocycles. The molecule has 2 aromatic heterocycles. The predicted octanol–water partition coefficient (Wildman–Crippen LogP) is 4.39. The minimum absolute atomic E-state index is 0.311. The SMILES string of the molecule is COc1cc(/C=N/Nc2nnc3c(n2)[nH]c2ccccc23)ccc1OCCC(C)C. The van der Waals surface area contributed by atoms with E-state index in [-0.39, 0.29) is 0 Å². The highest BCUT2D eigenvalue weighted by molar-refractivity contribution is 6.03. The monoisotopic (exact) mass is 404 g/mol. The number of hydrogen-bond acceptors (Lipinski definition) is 7. The van der Waals surface area contributed by atoms with E-state index in [1.807, 2.05) is 42.5 Å². The van der Waals surface area contributed by atoms with Gasteiger partial charge in [-0.3, -0.25) is 0 Å². The average Bonchev–Trinajstić information content (AvgIpc) is 3.12. The van der Waals surface area contributed by atoms with Crippen molar-refractivity contribution in [1.82, 2.24) is 20.2 Å². The number of aromatic amines is 1. The Kier molecular flexibility index (Phi) is 5.74. The van der Waals surface area contributed by atoms with Crippen molar-refractivity contribution in [1.29, 1.82) is 0 Å². The van der Waals surface area contributed by atoms with Crippen molar-refractivity contribution in [3.63, 3.8) is 0 Å². The molecule has 0 aliphatic rings. The molecule has 2 N–H and O–H groups in total. The van der Waals surface area contributed by atoms with Gasteiger partial charge in [0.15, 0.2) is 17.1 Å². The molecule has 2 heterocycles. The fraction of sp³-hybridized carbons (Fsp3) is 0.273. The number of hydrazone groups is 1. The number of nitrogens with one attached hydrogen (secondary N) is 2. The predicted molar refractivity (Wildman–Crippen MR) is 118 cm³/mol. The van der Waals surface area contributed by atoms with Crippen LogP contribution in [0.25, 0.3) is 22.1 Å². The van der Waals surface area contributed by atoms with Crippen molar-refractivity contribution in [3.8, 4) is 11.5 Å². The van der Waals surface area contributed by atoms with E-state index in [1.54, 1.807) is 13.3 Å². The lowest BCUT2D eigenvalue weighted by molar-refractivity contribution is 0.273. The average molecular weight is 404 g/mol. The van der Waals surface area contributed by atoms with Gasteiger partial charge in [-0.1, -0.05) is 32.0 Å². The lowest BCUT2D eigenvalue weighted by atomic mass is 10.1. The Balaban J connectivity index is 1.45. The number of fused-ring (bicyclic) bond motifs is 3. The van der Waals surface area contributed by atoms with Gasteiger partial charge in [0.25, 0.3) is 5.95 Å². The van der Waals surface area contributed by atoms with Crippen LogP contribution in [0.15, 0.2) is 47.6 Å². The Morgan fingerprint density at radius 2 is 2.00 bits per heavy atom. The van der Waals surface area contributed by atoms with Crippen molar-refractivity contribution < 1.29 is 9.47 Å². The molecule has 0 aliphatic carbocycles. The van der Waals surface area contributed by atoms with E-state index in [9.17, 15) is 0 Å². The Hall–Kier alpha value is -3.68.